The largest absolute Gasteiger partial charge is 0.310 e. The first-order valence-corrected chi connectivity index (χ1v) is 8.90. The number of rotatable bonds is 5. The average Bonchev–Trinajstić information content (AvgIpc) is 2.46. The highest BCUT2D eigenvalue weighted by atomic mass is 35.5. The lowest BCUT2D eigenvalue weighted by Crippen LogP contribution is -2.31. The van der Waals surface area contributed by atoms with Crippen molar-refractivity contribution in [3.8, 4) is 0 Å². The van der Waals surface area contributed by atoms with Crippen LogP contribution in [-0.4, -0.2) is 6.54 Å². The van der Waals surface area contributed by atoms with Crippen molar-refractivity contribution >= 4 is 11.6 Å². The summed E-state index contributed by atoms with van der Waals surface area (Å²) in [7, 11) is 0. The van der Waals surface area contributed by atoms with E-state index in [9.17, 15) is 0 Å². The highest BCUT2D eigenvalue weighted by Crippen LogP contribution is 2.39. The van der Waals surface area contributed by atoms with Crippen molar-refractivity contribution in [1.29, 1.82) is 0 Å². The molecule has 1 nitrogen and oxygen atoms in total. The van der Waals surface area contributed by atoms with Gasteiger partial charge in [0.15, 0.2) is 0 Å². The third kappa shape index (κ3) is 4.23. The molecule has 1 N–H and O–H groups in total. The summed E-state index contributed by atoms with van der Waals surface area (Å²) in [5, 5.41) is 4.71. The number of nitrogens with one attached hydrogen (secondary N) is 1. The van der Waals surface area contributed by atoms with Gasteiger partial charge in [0.05, 0.1) is 0 Å². The van der Waals surface area contributed by atoms with Crippen LogP contribution in [0.2, 0.25) is 5.02 Å². The normalized spacial score (nSPS) is 24.0. The third-order valence-corrected chi connectivity index (χ3v) is 5.42. The van der Waals surface area contributed by atoms with E-state index in [1.54, 1.807) is 0 Å². The molecule has 1 aliphatic rings. The van der Waals surface area contributed by atoms with Gasteiger partial charge in [-0.1, -0.05) is 44.4 Å². The summed E-state index contributed by atoms with van der Waals surface area (Å²) in [6.07, 6.45) is 6.54. The summed E-state index contributed by atoms with van der Waals surface area (Å²) < 4.78 is 0. The molecule has 1 aliphatic carbocycles. The lowest BCUT2D eigenvalue weighted by molar-refractivity contribution is 0.231. The second-order valence-electron chi connectivity index (χ2n) is 6.91. The molecule has 1 unspecified atom stereocenters. The van der Waals surface area contributed by atoms with Gasteiger partial charge in [0, 0.05) is 11.1 Å². The number of hydrogen-bond donors (Lipinski definition) is 1. The van der Waals surface area contributed by atoms with Crippen LogP contribution < -0.4 is 5.32 Å². The second kappa shape index (κ2) is 7.65. The first-order chi connectivity index (χ1) is 10.0. The fourth-order valence-corrected chi connectivity index (χ4v) is 3.83. The van der Waals surface area contributed by atoms with Crippen molar-refractivity contribution in [3.63, 3.8) is 0 Å². The number of hydrogen-bond acceptors (Lipinski definition) is 1. The van der Waals surface area contributed by atoms with Gasteiger partial charge in [0.1, 0.15) is 0 Å². The number of benzene rings is 1. The van der Waals surface area contributed by atoms with Crippen molar-refractivity contribution in [2.24, 2.45) is 11.8 Å². The summed E-state index contributed by atoms with van der Waals surface area (Å²) >= 11 is 6.58. The van der Waals surface area contributed by atoms with Gasteiger partial charge in [-0.05, 0) is 74.2 Å². The van der Waals surface area contributed by atoms with E-state index in [0.29, 0.717) is 6.04 Å². The quantitative estimate of drug-likeness (QED) is 0.722. The maximum atomic E-state index is 6.58. The topological polar surface area (TPSA) is 12.0 Å². The van der Waals surface area contributed by atoms with E-state index in [1.165, 1.54) is 48.8 Å². The molecule has 0 heterocycles. The predicted molar refractivity (Wildman–Crippen MR) is 93.1 cm³/mol. The molecule has 118 valence electrons. The predicted octanol–water partition coefficient (Wildman–Crippen LogP) is 5.82. The molecule has 0 aliphatic heterocycles. The molecular weight excluding hydrogens is 278 g/mol. The molecule has 2 rings (SSSR count). The Morgan fingerprint density at radius 2 is 1.76 bits per heavy atom. The van der Waals surface area contributed by atoms with Crippen LogP contribution in [0.5, 0.6) is 0 Å². The minimum Gasteiger partial charge on any atom is -0.310 e. The van der Waals surface area contributed by atoms with Gasteiger partial charge in [-0.25, -0.2) is 0 Å². The van der Waals surface area contributed by atoms with E-state index < -0.39 is 0 Å². The molecule has 1 aromatic carbocycles. The monoisotopic (exact) mass is 307 g/mol. The molecular formula is C19H30ClN. The van der Waals surface area contributed by atoms with Crippen LogP contribution in [0.4, 0.5) is 0 Å². The Balaban J connectivity index is 2.25. The zero-order valence-electron chi connectivity index (χ0n) is 14.0. The van der Waals surface area contributed by atoms with Gasteiger partial charge < -0.3 is 5.32 Å². The van der Waals surface area contributed by atoms with E-state index in [4.69, 9.17) is 11.6 Å². The van der Waals surface area contributed by atoms with Crippen molar-refractivity contribution in [2.45, 2.75) is 65.8 Å². The van der Waals surface area contributed by atoms with Gasteiger partial charge in [-0.2, -0.15) is 0 Å². The molecule has 1 fully saturated rings. The molecule has 1 aromatic rings. The van der Waals surface area contributed by atoms with E-state index in [1.807, 2.05) is 0 Å². The summed E-state index contributed by atoms with van der Waals surface area (Å²) in [5.41, 5.74) is 3.95. The Kier molecular flexibility index (Phi) is 6.13. The minimum atomic E-state index is 0.421. The Bertz CT molecular complexity index is 461. The van der Waals surface area contributed by atoms with Gasteiger partial charge in [0.2, 0.25) is 0 Å². The first kappa shape index (κ1) is 16.8. The van der Waals surface area contributed by atoms with Crippen LogP contribution >= 0.6 is 11.6 Å². The van der Waals surface area contributed by atoms with Gasteiger partial charge in [-0.3, -0.25) is 0 Å². The molecule has 21 heavy (non-hydrogen) atoms. The summed E-state index contributed by atoms with van der Waals surface area (Å²) in [5.74, 6) is 1.62. The maximum Gasteiger partial charge on any atom is 0.0456 e. The van der Waals surface area contributed by atoms with E-state index in [2.05, 4.69) is 45.1 Å². The van der Waals surface area contributed by atoms with Crippen molar-refractivity contribution in [2.75, 3.05) is 6.54 Å². The van der Waals surface area contributed by atoms with E-state index in [-0.39, 0.29) is 0 Å². The zero-order valence-corrected chi connectivity index (χ0v) is 14.8. The van der Waals surface area contributed by atoms with Crippen LogP contribution in [0.15, 0.2) is 12.1 Å². The molecule has 2 heteroatoms. The number of aryl methyl sites for hydroxylation is 2. The molecule has 1 atom stereocenters. The fraction of sp³-hybridized carbons (Fsp3) is 0.684. The van der Waals surface area contributed by atoms with Crippen LogP contribution in [0.25, 0.3) is 0 Å². The second-order valence-corrected chi connectivity index (χ2v) is 7.32. The molecule has 0 radical (unpaired) electrons. The Morgan fingerprint density at radius 1 is 1.14 bits per heavy atom. The zero-order chi connectivity index (χ0) is 15.4. The molecule has 0 spiro atoms. The molecule has 0 bridgehead atoms. The third-order valence-electron chi connectivity index (χ3n) is 5.09. The lowest BCUT2D eigenvalue weighted by atomic mass is 9.77. The number of halogens is 1. The molecule has 1 saturated carbocycles. The van der Waals surface area contributed by atoms with Gasteiger partial charge in [-0.15, -0.1) is 0 Å². The first-order valence-electron chi connectivity index (χ1n) is 8.53. The minimum absolute atomic E-state index is 0.421. The standard InChI is InChI=1S/C19H30ClN/c1-5-10-21-19(16-8-6-13(2)7-9-16)17-11-14(3)15(4)12-18(17)20/h11-13,16,19,21H,5-10H2,1-4H3. The average molecular weight is 308 g/mol. The fourth-order valence-electron chi connectivity index (χ4n) is 3.49. The van der Waals surface area contributed by atoms with Gasteiger partial charge in [0.25, 0.3) is 0 Å². The SMILES string of the molecule is CCCNC(c1cc(C)c(C)cc1Cl)C1CCC(C)CC1. The summed E-state index contributed by atoms with van der Waals surface area (Å²) in [4.78, 5) is 0. The summed E-state index contributed by atoms with van der Waals surface area (Å²) in [6, 6.07) is 4.87. The Labute approximate surface area is 135 Å². The highest BCUT2D eigenvalue weighted by Gasteiger charge is 2.28. The van der Waals surface area contributed by atoms with Crippen LogP contribution in [0, 0.1) is 25.7 Å². The smallest absolute Gasteiger partial charge is 0.0456 e. The molecule has 0 aromatic heterocycles. The Morgan fingerprint density at radius 3 is 2.38 bits per heavy atom. The van der Waals surface area contributed by atoms with E-state index >= 15 is 0 Å². The lowest BCUT2D eigenvalue weighted by Gasteiger charge is -2.34. The highest BCUT2D eigenvalue weighted by molar-refractivity contribution is 6.31. The van der Waals surface area contributed by atoms with Crippen LogP contribution in [0.1, 0.15) is 68.7 Å². The maximum absolute atomic E-state index is 6.58. The summed E-state index contributed by atoms with van der Waals surface area (Å²) in [6.45, 7) is 10.0. The Hall–Kier alpha value is -0.530. The molecule has 0 amide bonds. The van der Waals surface area contributed by atoms with Gasteiger partial charge >= 0.3 is 0 Å². The van der Waals surface area contributed by atoms with Crippen molar-refractivity contribution in [3.05, 3.63) is 33.8 Å². The van der Waals surface area contributed by atoms with E-state index in [0.717, 1.165) is 23.4 Å². The van der Waals surface area contributed by atoms with Crippen molar-refractivity contribution < 1.29 is 0 Å². The molecule has 0 saturated heterocycles. The van der Waals surface area contributed by atoms with Crippen LogP contribution in [-0.2, 0) is 0 Å². The van der Waals surface area contributed by atoms with Crippen LogP contribution in [0.3, 0.4) is 0 Å². The van der Waals surface area contributed by atoms with Crippen molar-refractivity contribution in [1.82, 2.24) is 5.32 Å².